The van der Waals surface area contributed by atoms with Gasteiger partial charge in [0.1, 0.15) is 0 Å². The van der Waals surface area contributed by atoms with Crippen LogP contribution in [0, 0.1) is 0 Å². The van der Waals surface area contributed by atoms with Crippen LogP contribution in [-0.2, 0) is 4.79 Å². The van der Waals surface area contributed by atoms with Gasteiger partial charge in [-0.1, -0.05) is 0 Å². The minimum atomic E-state index is -0.0765. The number of amides is 1. The molecule has 4 nitrogen and oxygen atoms in total. The maximum absolute atomic E-state index is 10.5. The molecule has 1 aliphatic rings. The van der Waals surface area contributed by atoms with E-state index in [-0.39, 0.29) is 5.54 Å². The van der Waals surface area contributed by atoms with Crippen LogP contribution >= 0.6 is 0 Å². The molecular weight excluding hydrogens is 178 g/mol. The number of carbonyl (C=O) groups is 1. The highest BCUT2D eigenvalue weighted by Crippen LogP contribution is 2.37. The Kier molecular flexibility index (Phi) is 3.52. The Morgan fingerprint density at radius 1 is 1.50 bits per heavy atom. The van der Waals surface area contributed by atoms with Crippen molar-refractivity contribution in [1.82, 2.24) is 15.8 Å². The molecule has 0 bridgehead atoms. The molecule has 80 valence electrons. The van der Waals surface area contributed by atoms with Gasteiger partial charge in [0.15, 0.2) is 0 Å². The predicted molar refractivity (Wildman–Crippen MR) is 56.4 cm³/mol. The molecule has 14 heavy (non-hydrogen) atoms. The van der Waals surface area contributed by atoms with Gasteiger partial charge in [-0.25, -0.2) is 5.43 Å². The third-order valence-corrected chi connectivity index (χ3v) is 3.04. The third-order valence-electron chi connectivity index (χ3n) is 3.04. The van der Waals surface area contributed by atoms with Crippen molar-refractivity contribution in [3.63, 3.8) is 0 Å². The lowest BCUT2D eigenvalue weighted by Gasteiger charge is -2.42. The van der Waals surface area contributed by atoms with Crippen molar-refractivity contribution in [2.24, 2.45) is 0 Å². The number of rotatable bonds is 5. The highest BCUT2D eigenvalue weighted by atomic mass is 16.1. The molecule has 0 aliphatic heterocycles. The van der Waals surface area contributed by atoms with Crippen LogP contribution < -0.4 is 10.7 Å². The zero-order valence-electron chi connectivity index (χ0n) is 9.13. The van der Waals surface area contributed by atoms with Crippen molar-refractivity contribution in [3.8, 4) is 0 Å². The maximum atomic E-state index is 10.5. The Balaban J connectivity index is 2.68. The lowest BCUT2D eigenvalue weighted by atomic mass is 9.72. The fourth-order valence-electron chi connectivity index (χ4n) is 1.77. The van der Waals surface area contributed by atoms with Crippen LogP contribution in [0.1, 0.15) is 26.2 Å². The van der Waals surface area contributed by atoms with Gasteiger partial charge in [0.25, 0.3) is 0 Å². The quantitative estimate of drug-likeness (QED) is 0.502. The lowest BCUT2D eigenvalue weighted by Crippen LogP contribution is -2.51. The summed E-state index contributed by atoms with van der Waals surface area (Å²) in [6, 6.07) is 0. The van der Waals surface area contributed by atoms with E-state index >= 15 is 0 Å². The fraction of sp³-hybridized carbons (Fsp3) is 0.700. The SMILES string of the molecule is CNN(C)/C=C(\C)C1(NC=O)CCC1. The van der Waals surface area contributed by atoms with Crippen molar-refractivity contribution >= 4 is 6.41 Å². The number of nitrogens with one attached hydrogen (secondary N) is 2. The van der Waals surface area contributed by atoms with Gasteiger partial charge >= 0.3 is 0 Å². The summed E-state index contributed by atoms with van der Waals surface area (Å²) in [7, 11) is 3.81. The number of hydrazine groups is 1. The van der Waals surface area contributed by atoms with Gasteiger partial charge < -0.3 is 10.3 Å². The van der Waals surface area contributed by atoms with Crippen molar-refractivity contribution < 1.29 is 4.79 Å². The maximum Gasteiger partial charge on any atom is 0.207 e. The second-order valence-corrected chi connectivity index (χ2v) is 3.84. The van der Waals surface area contributed by atoms with Crippen LogP contribution in [-0.4, -0.2) is 31.1 Å². The summed E-state index contributed by atoms with van der Waals surface area (Å²) in [4.78, 5) is 10.5. The molecule has 0 radical (unpaired) electrons. The highest BCUT2D eigenvalue weighted by molar-refractivity contribution is 5.50. The minimum absolute atomic E-state index is 0.0765. The standard InChI is InChI=1S/C10H19N3O/c1-9(7-13(3)11-2)10(12-8-14)5-4-6-10/h7-8,11H,4-6H2,1-3H3,(H,12,14)/b9-7+. The molecule has 0 heterocycles. The minimum Gasteiger partial charge on any atom is -0.349 e. The first-order valence-corrected chi connectivity index (χ1v) is 4.95. The molecule has 0 aromatic heterocycles. The molecule has 1 rings (SSSR count). The molecule has 1 aliphatic carbocycles. The topological polar surface area (TPSA) is 44.4 Å². The number of nitrogens with zero attached hydrogens (tertiary/aromatic N) is 1. The summed E-state index contributed by atoms with van der Waals surface area (Å²) in [5.74, 6) is 0. The van der Waals surface area contributed by atoms with E-state index in [2.05, 4.69) is 17.7 Å². The van der Waals surface area contributed by atoms with Crippen LogP contribution in [0.5, 0.6) is 0 Å². The first-order chi connectivity index (χ1) is 6.64. The van der Waals surface area contributed by atoms with E-state index < -0.39 is 0 Å². The Bertz CT molecular complexity index is 234. The second-order valence-electron chi connectivity index (χ2n) is 3.84. The Labute approximate surface area is 85.3 Å². The van der Waals surface area contributed by atoms with Crippen molar-refractivity contribution in [2.75, 3.05) is 14.1 Å². The zero-order valence-corrected chi connectivity index (χ0v) is 9.13. The van der Waals surface area contributed by atoms with Gasteiger partial charge in [-0.2, -0.15) is 0 Å². The van der Waals surface area contributed by atoms with Crippen molar-refractivity contribution in [2.45, 2.75) is 31.7 Å². The summed E-state index contributed by atoms with van der Waals surface area (Å²) >= 11 is 0. The molecule has 1 saturated carbocycles. The summed E-state index contributed by atoms with van der Waals surface area (Å²) < 4.78 is 0. The summed E-state index contributed by atoms with van der Waals surface area (Å²) in [5, 5.41) is 4.81. The van der Waals surface area contributed by atoms with Gasteiger partial charge in [0.05, 0.1) is 5.54 Å². The molecule has 4 heteroatoms. The zero-order chi connectivity index (χ0) is 10.6. The van der Waals surface area contributed by atoms with Gasteiger partial charge in [-0.05, 0) is 31.8 Å². The summed E-state index contributed by atoms with van der Waals surface area (Å²) in [6.07, 6.45) is 6.11. The average molecular weight is 197 g/mol. The molecule has 0 saturated heterocycles. The molecule has 0 aromatic rings. The van der Waals surface area contributed by atoms with Gasteiger partial charge in [-0.15, -0.1) is 0 Å². The van der Waals surface area contributed by atoms with Gasteiger partial charge in [0.2, 0.25) is 6.41 Å². The monoisotopic (exact) mass is 197 g/mol. The van der Waals surface area contributed by atoms with Gasteiger partial charge in [0, 0.05) is 20.3 Å². The van der Waals surface area contributed by atoms with E-state index in [0.29, 0.717) is 0 Å². The van der Waals surface area contributed by atoms with Crippen LogP contribution in [0.2, 0.25) is 0 Å². The first kappa shape index (κ1) is 11.0. The number of carbonyl (C=O) groups excluding carboxylic acids is 1. The van der Waals surface area contributed by atoms with E-state index in [9.17, 15) is 4.79 Å². The van der Waals surface area contributed by atoms with E-state index in [0.717, 1.165) is 19.3 Å². The average Bonchev–Trinajstić information content (AvgIpc) is 2.10. The van der Waals surface area contributed by atoms with E-state index in [1.807, 2.05) is 25.3 Å². The molecule has 0 spiro atoms. The number of hydrogen-bond acceptors (Lipinski definition) is 3. The van der Waals surface area contributed by atoms with Crippen molar-refractivity contribution in [3.05, 3.63) is 11.8 Å². The largest absolute Gasteiger partial charge is 0.349 e. The Hall–Kier alpha value is -1.03. The van der Waals surface area contributed by atoms with Gasteiger partial charge in [-0.3, -0.25) is 4.79 Å². The van der Waals surface area contributed by atoms with E-state index in [4.69, 9.17) is 0 Å². The summed E-state index contributed by atoms with van der Waals surface area (Å²) in [6.45, 7) is 2.06. The van der Waals surface area contributed by atoms with Crippen molar-refractivity contribution in [1.29, 1.82) is 0 Å². The molecule has 0 unspecified atom stereocenters. The summed E-state index contributed by atoms with van der Waals surface area (Å²) in [5.41, 5.74) is 4.12. The highest BCUT2D eigenvalue weighted by Gasteiger charge is 2.38. The third kappa shape index (κ3) is 2.07. The second kappa shape index (κ2) is 4.46. The molecule has 1 amide bonds. The van der Waals surface area contributed by atoms with Crippen LogP contribution in [0.3, 0.4) is 0 Å². The molecular formula is C10H19N3O. The number of hydrogen-bond donors (Lipinski definition) is 2. The van der Waals surface area contributed by atoms with E-state index in [1.54, 1.807) is 0 Å². The van der Waals surface area contributed by atoms with Crippen LogP contribution in [0.25, 0.3) is 0 Å². The fourth-order valence-corrected chi connectivity index (χ4v) is 1.77. The van der Waals surface area contributed by atoms with Crippen LogP contribution in [0.4, 0.5) is 0 Å². The predicted octanol–water partition coefficient (Wildman–Crippen LogP) is 0.625. The van der Waals surface area contributed by atoms with E-state index in [1.165, 1.54) is 12.0 Å². The molecule has 1 fully saturated rings. The first-order valence-electron chi connectivity index (χ1n) is 4.95. The van der Waals surface area contributed by atoms with Crippen LogP contribution in [0.15, 0.2) is 11.8 Å². The molecule has 0 atom stereocenters. The Morgan fingerprint density at radius 3 is 2.50 bits per heavy atom. The molecule has 0 aromatic carbocycles. The normalized spacial score (nSPS) is 19.8. The lowest BCUT2D eigenvalue weighted by molar-refractivity contribution is -0.111. The smallest absolute Gasteiger partial charge is 0.207 e. The molecule has 2 N–H and O–H groups in total. The Morgan fingerprint density at radius 2 is 2.14 bits per heavy atom.